The molecule has 1 atom stereocenters. The smallest absolute Gasteiger partial charge is 0.165 e. The fourth-order valence-electron chi connectivity index (χ4n) is 1.11. The Balaban J connectivity index is 3.12. The number of nitrogens with two attached hydrogens (primary N) is 1. The Morgan fingerprint density at radius 1 is 1.57 bits per heavy atom. The molecule has 4 heteroatoms. The number of benzene rings is 1. The highest BCUT2D eigenvalue weighted by Gasteiger charge is 2.21. The summed E-state index contributed by atoms with van der Waals surface area (Å²) in [4.78, 5) is 0. The lowest BCUT2D eigenvalue weighted by molar-refractivity contribution is 0.209. The first-order valence-corrected chi connectivity index (χ1v) is 4.25. The van der Waals surface area contributed by atoms with Crippen molar-refractivity contribution in [3.63, 3.8) is 0 Å². The van der Waals surface area contributed by atoms with Gasteiger partial charge in [-0.15, -0.1) is 0 Å². The number of ether oxygens (including phenoxy) is 1. The van der Waals surface area contributed by atoms with E-state index in [1.54, 1.807) is 6.92 Å². The first-order chi connectivity index (χ1) is 6.51. The van der Waals surface area contributed by atoms with Gasteiger partial charge in [0.15, 0.2) is 11.6 Å². The molecule has 0 amide bonds. The Morgan fingerprint density at radius 2 is 2.21 bits per heavy atom. The number of aliphatic hydroxyl groups is 1. The van der Waals surface area contributed by atoms with Crippen LogP contribution in [-0.2, 0) is 5.54 Å². The highest BCUT2D eigenvalue weighted by atomic mass is 19.1. The third kappa shape index (κ3) is 2.02. The van der Waals surface area contributed by atoms with Gasteiger partial charge in [0.2, 0.25) is 0 Å². The van der Waals surface area contributed by atoms with E-state index in [9.17, 15) is 4.39 Å². The van der Waals surface area contributed by atoms with Gasteiger partial charge in [-0.05, 0) is 24.6 Å². The molecule has 14 heavy (non-hydrogen) atoms. The maximum absolute atomic E-state index is 13.0. The van der Waals surface area contributed by atoms with Gasteiger partial charge in [0.25, 0.3) is 0 Å². The minimum Gasteiger partial charge on any atom is -0.494 e. The fraction of sp³-hybridized carbons (Fsp3) is 0.400. The zero-order valence-corrected chi connectivity index (χ0v) is 8.25. The van der Waals surface area contributed by atoms with Gasteiger partial charge >= 0.3 is 0 Å². The molecule has 1 rings (SSSR count). The predicted octanol–water partition coefficient (Wildman–Crippen LogP) is 1.00. The summed E-state index contributed by atoms with van der Waals surface area (Å²) in [5.41, 5.74) is 5.55. The molecule has 0 saturated heterocycles. The number of aliphatic hydroxyl groups excluding tert-OH is 1. The quantitative estimate of drug-likeness (QED) is 0.763. The normalized spacial score (nSPS) is 14.9. The van der Waals surface area contributed by atoms with Gasteiger partial charge in [0.05, 0.1) is 19.3 Å². The Bertz CT molecular complexity index is 326. The highest BCUT2D eigenvalue weighted by molar-refractivity contribution is 5.34. The molecular weight excluding hydrogens is 185 g/mol. The van der Waals surface area contributed by atoms with Crippen LogP contribution < -0.4 is 10.5 Å². The Morgan fingerprint density at radius 3 is 2.71 bits per heavy atom. The number of halogens is 1. The van der Waals surface area contributed by atoms with Crippen LogP contribution in [0.1, 0.15) is 12.5 Å². The number of hydrogen-bond acceptors (Lipinski definition) is 3. The van der Waals surface area contributed by atoms with Crippen LogP contribution in [0.25, 0.3) is 0 Å². The molecule has 78 valence electrons. The van der Waals surface area contributed by atoms with Crippen molar-refractivity contribution < 1.29 is 14.2 Å². The number of methoxy groups -OCH3 is 1. The molecule has 0 heterocycles. The molecule has 0 aliphatic rings. The molecule has 1 aromatic rings. The monoisotopic (exact) mass is 199 g/mol. The maximum Gasteiger partial charge on any atom is 0.165 e. The van der Waals surface area contributed by atoms with Crippen LogP contribution in [0, 0.1) is 5.82 Å². The largest absolute Gasteiger partial charge is 0.494 e. The van der Waals surface area contributed by atoms with E-state index >= 15 is 0 Å². The SMILES string of the molecule is COc1cc(C(C)(N)CO)ccc1F. The molecule has 0 aromatic heterocycles. The first-order valence-electron chi connectivity index (χ1n) is 4.25. The van der Waals surface area contributed by atoms with E-state index in [1.807, 2.05) is 0 Å². The van der Waals surface area contributed by atoms with Crippen LogP contribution in [0.5, 0.6) is 5.75 Å². The van der Waals surface area contributed by atoms with Gasteiger partial charge < -0.3 is 15.6 Å². The molecule has 3 nitrogen and oxygen atoms in total. The second-order valence-electron chi connectivity index (χ2n) is 3.42. The molecule has 0 fully saturated rings. The van der Waals surface area contributed by atoms with Gasteiger partial charge in [-0.2, -0.15) is 0 Å². The molecule has 0 aliphatic heterocycles. The minimum atomic E-state index is -0.874. The lowest BCUT2D eigenvalue weighted by atomic mass is 9.94. The third-order valence-electron chi connectivity index (χ3n) is 2.14. The average molecular weight is 199 g/mol. The van der Waals surface area contributed by atoms with Crippen LogP contribution in [0.2, 0.25) is 0 Å². The van der Waals surface area contributed by atoms with Crippen molar-refractivity contribution >= 4 is 0 Å². The van der Waals surface area contributed by atoms with Crippen LogP contribution in [0.3, 0.4) is 0 Å². The fourth-order valence-corrected chi connectivity index (χ4v) is 1.11. The van der Waals surface area contributed by atoms with Crippen molar-refractivity contribution in [3.05, 3.63) is 29.6 Å². The lowest BCUT2D eigenvalue weighted by Gasteiger charge is -2.22. The van der Waals surface area contributed by atoms with E-state index in [0.29, 0.717) is 5.56 Å². The second kappa shape index (κ2) is 3.94. The molecule has 1 unspecified atom stereocenters. The number of rotatable bonds is 3. The third-order valence-corrected chi connectivity index (χ3v) is 2.14. The summed E-state index contributed by atoms with van der Waals surface area (Å²) in [6.45, 7) is 1.46. The first kappa shape index (κ1) is 10.9. The maximum atomic E-state index is 13.0. The average Bonchev–Trinajstić information content (AvgIpc) is 2.18. The minimum absolute atomic E-state index is 0.132. The standard InChI is InChI=1S/C10H14FNO2/c1-10(12,6-13)7-3-4-8(11)9(5-7)14-2/h3-5,13H,6,12H2,1-2H3. The summed E-state index contributed by atoms with van der Waals surface area (Å²) < 4.78 is 17.8. The molecule has 0 radical (unpaired) electrons. The van der Waals surface area contributed by atoms with Crippen molar-refractivity contribution in [2.75, 3.05) is 13.7 Å². The zero-order chi connectivity index (χ0) is 10.8. The molecule has 0 spiro atoms. The Kier molecular flexibility index (Phi) is 3.08. The lowest BCUT2D eigenvalue weighted by Crippen LogP contribution is -2.36. The van der Waals surface area contributed by atoms with Crippen molar-refractivity contribution in [2.24, 2.45) is 5.73 Å². The van der Waals surface area contributed by atoms with E-state index in [0.717, 1.165) is 0 Å². The Labute approximate surface area is 82.3 Å². The van der Waals surface area contributed by atoms with E-state index in [1.165, 1.54) is 25.3 Å². The summed E-state index contributed by atoms with van der Waals surface area (Å²) in [5.74, 6) is -0.308. The number of hydrogen-bond donors (Lipinski definition) is 2. The molecule has 0 bridgehead atoms. The van der Waals surface area contributed by atoms with Gasteiger partial charge in [-0.3, -0.25) is 0 Å². The topological polar surface area (TPSA) is 55.5 Å². The van der Waals surface area contributed by atoms with Gasteiger partial charge in [-0.25, -0.2) is 4.39 Å². The summed E-state index contributed by atoms with van der Waals surface area (Å²) in [5, 5.41) is 9.02. The van der Waals surface area contributed by atoms with Gasteiger partial charge in [0, 0.05) is 0 Å². The summed E-state index contributed by atoms with van der Waals surface area (Å²) in [6, 6.07) is 4.30. The highest BCUT2D eigenvalue weighted by Crippen LogP contribution is 2.24. The Hall–Kier alpha value is -1.13. The predicted molar refractivity (Wildman–Crippen MR) is 51.6 cm³/mol. The van der Waals surface area contributed by atoms with Crippen LogP contribution in [0.15, 0.2) is 18.2 Å². The van der Waals surface area contributed by atoms with Crippen molar-refractivity contribution in [1.29, 1.82) is 0 Å². The second-order valence-corrected chi connectivity index (χ2v) is 3.42. The summed E-state index contributed by atoms with van der Waals surface area (Å²) in [7, 11) is 1.38. The van der Waals surface area contributed by atoms with Crippen molar-refractivity contribution in [1.82, 2.24) is 0 Å². The summed E-state index contributed by atoms with van der Waals surface area (Å²) >= 11 is 0. The zero-order valence-electron chi connectivity index (χ0n) is 8.25. The van der Waals surface area contributed by atoms with E-state index in [-0.39, 0.29) is 12.4 Å². The van der Waals surface area contributed by atoms with E-state index in [2.05, 4.69) is 0 Å². The molecule has 0 aliphatic carbocycles. The van der Waals surface area contributed by atoms with Crippen LogP contribution in [0.4, 0.5) is 4.39 Å². The molecule has 0 saturated carbocycles. The molecule has 3 N–H and O–H groups in total. The van der Waals surface area contributed by atoms with Crippen molar-refractivity contribution in [2.45, 2.75) is 12.5 Å². The van der Waals surface area contributed by atoms with E-state index < -0.39 is 11.4 Å². The summed E-state index contributed by atoms with van der Waals surface area (Å²) in [6.07, 6.45) is 0. The van der Waals surface area contributed by atoms with Gasteiger partial charge in [-0.1, -0.05) is 6.07 Å². The van der Waals surface area contributed by atoms with Crippen molar-refractivity contribution in [3.8, 4) is 5.75 Å². The van der Waals surface area contributed by atoms with Crippen LogP contribution in [-0.4, -0.2) is 18.8 Å². The van der Waals surface area contributed by atoms with Crippen LogP contribution >= 0.6 is 0 Å². The molecule has 1 aromatic carbocycles. The van der Waals surface area contributed by atoms with E-state index in [4.69, 9.17) is 15.6 Å². The molecular formula is C10H14FNO2. The van der Waals surface area contributed by atoms with Gasteiger partial charge in [0.1, 0.15) is 0 Å².